The predicted molar refractivity (Wildman–Crippen MR) is 65.4 cm³/mol. The van der Waals surface area contributed by atoms with E-state index < -0.39 is 12.6 Å². The largest absolute Gasteiger partial charge is 0.389 e. The number of rotatable bonds is 4. The van der Waals surface area contributed by atoms with E-state index in [9.17, 15) is 13.2 Å². The van der Waals surface area contributed by atoms with Crippen molar-refractivity contribution in [3.63, 3.8) is 0 Å². The minimum Gasteiger partial charge on any atom is -0.312 e. The van der Waals surface area contributed by atoms with E-state index in [4.69, 9.17) is 0 Å². The standard InChI is InChI=1S/C13H23F3N2/c1-18-8-11(6-13(14,15)16)5-12(9-18)17-7-10-3-2-4-10/h10-12,17H,2-9H2,1H3. The summed E-state index contributed by atoms with van der Waals surface area (Å²) in [5.41, 5.74) is 0. The van der Waals surface area contributed by atoms with Crippen LogP contribution in [0, 0.1) is 11.8 Å². The zero-order chi connectivity index (χ0) is 13.2. The third-order valence-corrected chi connectivity index (χ3v) is 4.16. The summed E-state index contributed by atoms with van der Waals surface area (Å²) in [6.45, 7) is 2.43. The van der Waals surface area contributed by atoms with Crippen LogP contribution in [-0.2, 0) is 0 Å². The smallest absolute Gasteiger partial charge is 0.312 e. The highest BCUT2D eigenvalue weighted by Gasteiger charge is 2.35. The number of hydrogen-bond acceptors (Lipinski definition) is 2. The van der Waals surface area contributed by atoms with Gasteiger partial charge in [-0.2, -0.15) is 13.2 Å². The summed E-state index contributed by atoms with van der Waals surface area (Å²) in [6, 6.07) is 0.233. The summed E-state index contributed by atoms with van der Waals surface area (Å²) in [5, 5.41) is 3.46. The highest BCUT2D eigenvalue weighted by Crippen LogP contribution is 2.30. The fourth-order valence-electron chi connectivity index (χ4n) is 3.10. The summed E-state index contributed by atoms with van der Waals surface area (Å²) in [7, 11) is 1.92. The Hall–Kier alpha value is -0.290. The van der Waals surface area contributed by atoms with E-state index >= 15 is 0 Å². The van der Waals surface area contributed by atoms with Crippen LogP contribution in [-0.4, -0.2) is 43.8 Å². The van der Waals surface area contributed by atoms with Crippen molar-refractivity contribution in [2.75, 3.05) is 26.7 Å². The molecule has 0 bridgehead atoms. The van der Waals surface area contributed by atoms with Gasteiger partial charge in [0.1, 0.15) is 0 Å². The lowest BCUT2D eigenvalue weighted by Crippen LogP contribution is -2.49. The van der Waals surface area contributed by atoms with Gasteiger partial charge in [0.15, 0.2) is 0 Å². The van der Waals surface area contributed by atoms with Crippen LogP contribution in [0.3, 0.4) is 0 Å². The molecule has 1 saturated heterocycles. The molecule has 1 aliphatic heterocycles. The molecule has 1 saturated carbocycles. The molecule has 106 valence electrons. The maximum atomic E-state index is 12.4. The lowest BCUT2D eigenvalue weighted by molar-refractivity contribution is -0.148. The molecule has 1 N–H and O–H groups in total. The van der Waals surface area contributed by atoms with Crippen LogP contribution >= 0.6 is 0 Å². The molecule has 5 heteroatoms. The molecule has 0 aromatic rings. The highest BCUT2D eigenvalue weighted by atomic mass is 19.4. The van der Waals surface area contributed by atoms with Crippen LogP contribution in [0.25, 0.3) is 0 Å². The average molecular weight is 264 g/mol. The van der Waals surface area contributed by atoms with Gasteiger partial charge in [0.2, 0.25) is 0 Å². The zero-order valence-electron chi connectivity index (χ0n) is 11.0. The maximum absolute atomic E-state index is 12.4. The molecule has 2 aliphatic rings. The van der Waals surface area contributed by atoms with E-state index in [-0.39, 0.29) is 12.0 Å². The molecule has 2 rings (SSSR count). The third kappa shape index (κ3) is 4.43. The SMILES string of the molecule is CN1CC(CC(F)(F)F)CC(NCC2CCC2)C1. The van der Waals surface area contributed by atoms with E-state index in [0.717, 1.165) is 19.0 Å². The summed E-state index contributed by atoms with van der Waals surface area (Å²) >= 11 is 0. The van der Waals surface area contributed by atoms with Gasteiger partial charge >= 0.3 is 6.18 Å². The third-order valence-electron chi connectivity index (χ3n) is 4.16. The molecule has 0 aromatic heterocycles. The molecule has 0 radical (unpaired) electrons. The number of nitrogens with one attached hydrogen (secondary N) is 1. The first-order valence-corrected chi connectivity index (χ1v) is 6.91. The van der Waals surface area contributed by atoms with Crippen molar-refractivity contribution < 1.29 is 13.2 Å². The molecular weight excluding hydrogens is 241 g/mol. The Morgan fingerprint density at radius 3 is 2.44 bits per heavy atom. The van der Waals surface area contributed by atoms with Crippen molar-refractivity contribution in [2.45, 2.75) is 44.3 Å². The minimum atomic E-state index is -4.03. The number of likely N-dealkylation sites (N-methyl/N-ethyl adjacent to an activating group) is 1. The van der Waals surface area contributed by atoms with Crippen molar-refractivity contribution in [3.8, 4) is 0 Å². The molecule has 0 spiro atoms. The van der Waals surface area contributed by atoms with Gasteiger partial charge in [0, 0.05) is 25.6 Å². The van der Waals surface area contributed by atoms with Gasteiger partial charge in [0.05, 0.1) is 0 Å². The molecule has 2 nitrogen and oxygen atoms in total. The second-order valence-corrected chi connectivity index (χ2v) is 6.04. The van der Waals surface area contributed by atoms with E-state index in [0.29, 0.717) is 13.0 Å². The van der Waals surface area contributed by atoms with Gasteiger partial charge in [-0.05, 0) is 44.7 Å². The van der Waals surface area contributed by atoms with Crippen LogP contribution in [0.1, 0.15) is 32.1 Å². The van der Waals surface area contributed by atoms with Crippen molar-refractivity contribution in [3.05, 3.63) is 0 Å². The van der Waals surface area contributed by atoms with E-state index in [2.05, 4.69) is 5.32 Å². The molecule has 2 atom stereocenters. The van der Waals surface area contributed by atoms with Crippen LogP contribution in [0.5, 0.6) is 0 Å². The Kier molecular flexibility index (Phi) is 4.54. The van der Waals surface area contributed by atoms with Crippen molar-refractivity contribution in [2.24, 2.45) is 11.8 Å². The monoisotopic (exact) mass is 264 g/mol. The first kappa shape index (κ1) is 14.1. The second kappa shape index (κ2) is 5.78. The Bertz CT molecular complexity index is 263. The van der Waals surface area contributed by atoms with E-state index in [1.807, 2.05) is 11.9 Å². The van der Waals surface area contributed by atoms with Crippen LogP contribution in [0.2, 0.25) is 0 Å². The molecule has 1 aliphatic carbocycles. The number of piperidine rings is 1. The minimum absolute atomic E-state index is 0.233. The summed E-state index contributed by atoms with van der Waals surface area (Å²) in [5.74, 6) is 0.515. The van der Waals surface area contributed by atoms with E-state index in [1.54, 1.807) is 0 Å². The van der Waals surface area contributed by atoms with Gasteiger partial charge in [-0.1, -0.05) is 6.42 Å². The molecule has 0 amide bonds. The number of hydrogen-bond donors (Lipinski definition) is 1. The Labute approximate surface area is 107 Å². The molecule has 2 fully saturated rings. The first-order chi connectivity index (χ1) is 8.42. The number of alkyl halides is 3. The lowest BCUT2D eigenvalue weighted by Gasteiger charge is -2.38. The fourth-order valence-corrected chi connectivity index (χ4v) is 3.10. The number of likely N-dealkylation sites (tertiary alicyclic amines) is 1. The summed E-state index contributed by atoms with van der Waals surface area (Å²) < 4.78 is 37.3. The topological polar surface area (TPSA) is 15.3 Å². The molecular formula is C13H23F3N2. The van der Waals surface area contributed by atoms with Crippen LogP contribution in [0.4, 0.5) is 13.2 Å². The molecule has 0 aromatic carbocycles. The molecule has 18 heavy (non-hydrogen) atoms. The number of nitrogens with zero attached hydrogens (tertiary/aromatic N) is 1. The summed E-state index contributed by atoms with van der Waals surface area (Å²) in [4.78, 5) is 2.03. The van der Waals surface area contributed by atoms with Crippen LogP contribution < -0.4 is 5.32 Å². The molecule has 1 heterocycles. The number of halogens is 3. The van der Waals surface area contributed by atoms with Crippen molar-refractivity contribution >= 4 is 0 Å². The Morgan fingerprint density at radius 2 is 1.89 bits per heavy atom. The van der Waals surface area contributed by atoms with Crippen LogP contribution in [0.15, 0.2) is 0 Å². The van der Waals surface area contributed by atoms with Gasteiger partial charge in [0.25, 0.3) is 0 Å². The molecule has 2 unspecified atom stereocenters. The Morgan fingerprint density at radius 1 is 1.17 bits per heavy atom. The van der Waals surface area contributed by atoms with Gasteiger partial charge in [-0.15, -0.1) is 0 Å². The summed E-state index contributed by atoms with van der Waals surface area (Å²) in [6.07, 6.45) is -0.131. The fraction of sp³-hybridized carbons (Fsp3) is 1.00. The van der Waals surface area contributed by atoms with Crippen molar-refractivity contribution in [1.29, 1.82) is 0 Å². The lowest BCUT2D eigenvalue weighted by atomic mass is 9.84. The Balaban J connectivity index is 1.76. The second-order valence-electron chi connectivity index (χ2n) is 6.04. The quantitative estimate of drug-likeness (QED) is 0.839. The highest BCUT2D eigenvalue weighted by molar-refractivity contribution is 4.84. The normalized spacial score (nSPS) is 31.3. The van der Waals surface area contributed by atoms with Gasteiger partial charge in [-0.3, -0.25) is 0 Å². The maximum Gasteiger partial charge on any atom is 0.389 e. The van der Waals surface area contributed by atoms with E-state index in [1.165, 1.54) is 19.3 Å². The average Bonchev–Trinajstić information content (AvgIpc) is 2.10. The first-order valence-electron chi connectivity index (χ1n) is 6.91. The van der Waals surface area contributed by atoms with Crippen molar-refractivity contribution in [1.82, 2.24) is 10.2 Å². The van der Waals surface area contributed by atoms with Gasteiger partial charge < -0.3 is 10.2 Å². The zero-order valence-corrected chi connectivity index (χ0v) is 11.0. The predicted octanol–water partition coefficient (Wildman–Crippen LogP) is 2.65. The van der Waals surface area contributed by atoms with Gasteiger partial charge in [-0.25, -0.2) is 0 Å².